The van der Waals surface area contributed by atoms with E-state index in [4.69, 9.17) is 18.6 Å². The molecule has 2 aromatic carbocycles. The second-order valence-electron chi connectivity index (χ2n) is 7.47. The van der Waals surface area contributed by atoms with Gasteiger partial charge in [0.1, 0.15) is 47.6 Å². The van der Waals surface area contributed by atoms with Crippen LogP contribution in [0.1, 0.15) is 0 Å². The quantitative estimate of drug-likeness (QED) is 0.302. The van der Waals surface area contributed by atoms with Crippen LogP contribution in [0.3, 0.4) is 0 Å². The molecule has 176 valence electrons. The van der Waals surface area contributed by atoms with Gasteiger partial charge in [-0.3, -0.25) is 4.79 Å². The van der Waals surface area contributed by atoms with Gasteiger partial charge >= 0.3 is 0 Å². The molecule has 0 saturated carbocycles. The molecule has 0 aliphatic carbocycles. The number of fused-ring (bicyclic) bond motifs is 1. The van der Waals surface area contributed by atoms with E-state index in [9.17, 15) is 35.4 Å². The zero-order valence-corrected chi connectivity index (χ0v) is 17.3. The lowest BCUT2D eigenvalue weighted by Gasteiger charge is -2.39. The van der Waals surface area contributed by atoms with Crippen molar-refractivity contribution in [3.8, 4) is 34.1 Å². The van der Waals surface area contributed by atoms with Crippen LogP contribution in [0.25, 0.3) is 22.1 Å². The van der Waals surface area contributed by atoms with E-state index in [0.29, 0.717) is 5.56 Å². The summed E-state index contributed by atoms with van der Waals surface area (Å²) in [5, 5.41) is 59.3. The van der Waals surface area contributed by atoms with Gasteiger partial charge in [0.2, 0.25) is 17.5 Å². The fourth-order valence-electron chi connectivity index (χ4n) is 3.65. The second-order valence-corrected chi connectivity index (χ2v) is 7.47. The molecule has 1 saturated heterocycles. The second kappa shape index (κ2) is 8.89. The van der Waals surface area contributed by atoms with Gasteiger partial charge in [-0.05, 0) is 17.7 Å². The molecule has 0 spiro atoms. The summed E-state index contributed by atoms with van der Waals surface area (Å²) in [6.45, 7) is -0.653. The zero-order valence-electron chi connectivity index (χ0n) is 17.3. The molecule has 0 radical (unpaired) electrons. The molecular weight excluding hydrogens is 440 g/mol. The third kappa shape index (κ3) is 3.96. The average molecular weight is 462 g/mol. The molecule has 6 N–H and O–H groups in total. The highest BCUT2D eigenvalue weighted by Crippen LogP contribution is 2.41. The van der Waals surface area contributed by atoms with Gasteiger partial charge in [0.05, 0.1) is 19.3 Å². The van der Waals surface area contributed by atoms with E-state index in [2.05, 4.69) is 0 Å². The van der Waals surface area contributed by atoms with Crippen LogP contribution in [0.4, 0.5) is 0 Å². The number of aliphatic hydroxyl groups is 4. The van der Waals surface area contributed by atoms with Crippen LogP contribution < -0.4 is 14.9 Å². The normalized spacial score (nSPS) is 25.2. The number of aliphatic hydroxyl groups excluding tert-OH is 4. The predicted octanol–water partition coefficient (Wildman–Crippen LogP) is 0.0585. The van der Waals surface area contributed by atoms with Crippen molar-refractivity contribution in [3.63, 3.8) is 0 Å². The topological polar surface area (TPSA) is 179 Å². The SMILES string of the molecule is COc1c(O[C@@H]2O[C@H](CO)[C@@H](O)[C@H](O)[C@H]2O)cc(O)c2c(=O)c(-c3ccc(O)cc3)coc12. The van der Waals surface area contributed by atoms with Crippen LogP contribution >= 0.6 is 0 Å². The largest absolute Gasteiger partial charge is 0.508 e. The highest BCUT2D eigenvalue weighted by Gasteiger charge is 2.45. The number of phenolic OH excluding ortho intramolecular Hbond substituents is 2. The molecule has 0 bridgehead atoms. The third-order valence-electron chi connectivity index (χ3n) is 5.42. The molecule has 1 fully saturated rings. The van der Waals surface area contributed by atoms with Crippen molar-refractivity contribution in [2.24, 2.45) is 0 Å². The van der Waals surface area contributed by atoms with E-state index in [1.165, 1.54) is 31.4 Å². The summed E-state index contributed by atoms with van der Waals surface area (Å²) < 4.78 is 21.8. The molecule has 11 nitrogen and oxygen atoms in total. The number of methoxy groups -OCH3 is 1. The summed E-state index contributed by atoms with van der Waals surface area (Å²) in [6.07, 6.45) is -6.54. The fourth-order valence-corrected chi connectivity index (χ4v) is 3.65. The molecule has 1 aliphatic rings. The van der Waals surface area contributed by atoms with Crippen molar-refractivity contribution < 1.29 is 49.3 Å². The first-order valence-electron chi connectivity index (χ1n) is 9.88. The molecule has 5 atom stereocenters. The van der Waals surface area contributed by atoms with E-state index in [-0.39, 0.29) is 33.8 Å². The lowest BCUT2D eigenvalue weighted by atomic mass is 9.99. The predicted molar refractivity (Wildman–Crippen MR) is 112 cm³/mol. The first kappa shape index (κ1) is 22.8. The van der Waals surface area contributed by atoms with Crippen molar-refractivity contribution in [1.82, 2.24) is 0 Å². The van der Waals surface area contributed by atoms with Gasteiger partial charge in [0.15, 0.2) is 11.3 Å². The monoisotopic (exact) mass is 462 g/mol. The summed E-state index contributed by atoms with van der Waals surface area (Å²) in [6, 6.07) is 6.88. The van der Waals surface area contributed by atoms with Crippen molar-refractivity contribution in [3.05, 3.63) is 46.8 Å². The molecule has 33 heavy (non-hydrogen) atoms. The Hall–Kier alpha value is -3.35. The maximum absolute atomic E-state index is 13.1. The minimum absolute atomic E-state index is 0.0171. The third-order valence-corrected chi connectivity index (χ3v) is 5.42. The minimum Gasteiger partial charge on any atom is -0.508 e. The molecule has 0 unspecified atom stereocenters. The Morgan fingerprint density at radius 3 is 2.36 bits per heavy atom. The Kier molecular flexibility index (Phi) is 6.15. The number of ether oxygens (including phenoxy) is 3. The van der Waals surface area contributed by atoms with Gasteiger partial charge in [-0.2, -0.15) is 0 Å². The summed E-state index contributed by atoms with van der Waals surface area (Å²) in [5.74, 6) is -0.787. The Morgan fingerprint density at radius 1 is 1.03 bits per heavy atom. The number of phenols is 2. The zero-order chi connectivity index (χ0) is 23.9. The van der Waals surface area contributed by atoms with Gasteiger partial charge < -0.3 is 49.3 Å². The molecule has 3 aromatic rings. The molecular formula is C22H22O11. The molecule has 4 rings (SSSR count). The lowest BCUT2D eigenvalue weighted by Crippen LogP contribution is -2.60. The Labute approximate surface area is 186 Å². The van der Waals surface area contributed by atoms with Crippen LogP contribution in [0.15, 0.2) is 45.8 Å². The standard InChI is InChI=1S/C22H22O11/c1-30-20-13(32-22-19(29)18(28)17(27)14(7-23)33-22)6-12(25)15-16(26)11(8-31-21(15)20)9-2-4-10(24)5-3-9/h2-6,8,14,17-19,22-25,27-29H,7H2,1H3/t14-,17-,18+,19-,22-/m1/s1. The van der Waals surface area contributed by atoms with Crippen molar-refractivity contribution in [1.29, 1.82) is 0 Å². The lowest BCUT2D eigenvalue weighted by molar-refractivity contribution is -0.277. The smallest absolute Gasteiger partial charge is 0.229 e. The first-order valence-corrected chi connectivity index (χ1v) is 9.88. The number of aromatic hydroxyl groups is 2. The number of rotatable bonds is 5. The summed E-state index contributed by atoms with van der Waals surface area (Å²) in [4.78, 5) is 13.1. The van der Waals surface area contributed by atoms with E-state index < -0.39 is 48.5 Å². The summed E-state index contributed by atoms with van der Waals surface area (Å²) in [7, 11) is 1.26. The van der Waals surface area contributed by atoms with Crippen LogP contribution in [0, 0.1) is 0 Å². The van der Waals surface area contributed by atoms with Gasteiger partial charge in [0, 0.05) is 6.07 Å². The Bertz CT molecular complexity index is 1200. The summed E-state index contributed by atoms with van der Waals surface area (Å²) >= 11 is 0. The molecule has 11 heteroatoms. The van der Waals surface area contributed by atoms with E-state index >= 15 is 0 Å². The summed E-state index contributed by atoms with van der Waals surface area (Å²) in [5.41, 5.74) is -0.146. The molecule has 0 amide bonds. The van der Waals surface area contributed by atoms with E-state index in [0.717, 1.165) is 12.3 Å². The minimum atomic E-state index is -1.70. The van der Waals surface area contributed by atoms with Gasteiger partial charge in [-0.1, -0.05) is 12.1 Å². The molecule has 1 aromatic heterocycles. The van der Waals surface area contributed by atoms with E-state index in [1.54, 1.807) is 0 Å². The van der Waals surface area contributed by atoms with Crippen LogP contribution in [-0.2, 0) is 4.74 Å². The Balaban J connectivity index is 1.77. The van der Waals surface area contributed by atoms with Crippen molar-refractivity contribution in [2.45, 2.75) is 30.7 Å². The highest BCUT2D eigenvalue weighted by molar-refractivity contribution is 5.93. The first-order chi connectivity index (χ1) is 15.8. The number of hydrogen-bond donors (Lipinski definition) is 6. The molecule has 2 heterocycles. The van der Waals surface area contributed by atoms with Crippen molar-refractivity contribution in [2.75, 3.05) is 13.7 Å². The van der Waals surface area contributed by atoms with Gasteiger partial charge in [-0.25, -0.2) is 0 Å². The van der Waals surface area contributed by atoms with Crippen molar-refractivity contribution >= 4 is 11.0 Å². The van der Waals surface area contributed by atoms with E-state index in [1.807, 2.05) is 0 Å². The van der Waals surface area contributed by atoms with Gasteiger partial charge in [-0.15, -0.1) is 0 Å². The maximum Gasteiger partial charge on any atom is 0.229 e. The Morgan fingerprint density at radius 2 is 1.73 bits per heavy atom. The number of hydrogen-bond acceptors (Lipinski definition) is 11. The fraction of sp³-hybridized carbons (Fsp3) is 0.318. The van der Waals surface area contributed by atoms with Crippen LogP contribution in [-0.4, -0.2) is 75.1 Å². The van der Waals surface area contributed by atoms with Gasteiger partial charge in [0.25, 0.3) is 0 Å². The maximum atomic E-state index is 13.1. The average Bonchev–Trinajstić information content (AvgIpc) is 2.80. The number of benzene rings is 2. The highest BCUT2D eigenvalue weighted by atomic mass is 16.7. The van der Waals surface area contributed by atoms with Crippen LogP contribution in [0.5, 0.6) is 23.0 Å². The van der Waals surface area contributed by atoms with Crippen LogP contribution in [0.2, 0.25) is 0 Å². The molecule has 1 aliphatic heterocycles.